The standard InChI is InChI=1S/C22H21ClN4O3/c1-13-5-7-19(9-14(13)2)26-15(3)10-18(16(26)4)12-24-25-22(28)17-6-8-20(23)21(11-17)27(29)30/h5-12H,1-4H3,(H,25,28)/b24-12-. The Balaban J connectivity index is 1.80. The number of rotatable bonds is 5. The Morgan fingerprint density at radius 3 is 2.50 bits per heavy atom. The number of halogens is 1. The van der Waals surface area contributed by atoms with Crippen molar-refractivity contribution >= 4 is 29.4 Å². The molecule has 0 aliphatic rings. The van der Waals surface area contributed by atoms with E-state index >= 15 is 0 Å². The first-order valence-electron chi connectivity index (χ1n) is 9.23. The number of carbonyl (C=O) groups excluding carboxylic acids is 1. The molecule has 0 spiro atoms. The normalized spacial score (nSPS) is 11.1. The number of hydrogen-bond acceptors (Lipinski definition) is 4. The number of nitrogens with zero attached hydrogens (tertiary/aromatic N) is 3. The van der Waals surface area contributed by atoms with Crippen LogP contribution in [0.25, 0.3) is 5.69 Å². The van der Waals surface area contributed by atoms with Gasteiger partial charge in [0.05, 0.1) is 11.1 Å². The molecule has 154 valence electrons. The third-order valence-corrected chi connectivity index (χ3v) is 5.31. The molecule has 0 saturated carbocycles. The van der Waals surface area contributed by atoms with Crippen LogP contribution in [0.3, 0.4) is 0 Å². The predicted molar refractivity (Wildman–Crippen MR) is 118 cm³/mol. The van der Waals surface area contributed by atoms with Crippen LogP contribution in [-0.4, -0.2) is 21.6 Å². The Kier molecular flexibility index (Phi) is 6.03. The molecule has 0 saturated heterocycles. The summed E-state index contributed by atoms with van der Waals surface area (Å²) in [4.78, 5) is 22.6. The van der Waals surface area contributed by atoms with E-state index in [4.69, 9.17) is 11.6 Å². The SMILES string of the molecule is Cc1ccc(-n2c(C)cc(/C=N\NC(=O)c3ccc(Cl)c([N+](=O)[O-])c3)c2C)cc1C. The van der Waals surface area contributed by atoms with E-state index in [1.807, 2.05) is 19.9 Å². The lowest BCUT2D eigenvalue weighted by atomic mass is 10.1. The Morgan fingerprint density at radius 2 is 1.83 bits per heavy atom. The summed E-state index contributed by atoms with van der Waals surface area (Å²) in [6, 6.07) is 12.1. The number of aryl methyl sites for hydroxylation is 3. The predicted octanol–water partition coefficient (Wildman–Crippen LogP) is 5.04. The monoisotopic (exact) mass is 424 g/mol. The van der Waals surface area contributed by atoms with Gasteiger partial charge in [0.15, 0.2) is 0 Å². The molecule has 0 unspecified atom stereocenters. The van der Waals surface area contributed by atoms with Crippen LogP contribution in [0.4, 0.5) is 5.69 Å². The van der Waals surface area contributed by atoms with Crippen LogP contribution >= 0.6 is 11.6 Å². The minimum Gasteiger partial charge on any atom is -0.318 e. The van der Waals surface area contributed by atoms with Gasteiger partial charge in [-0.25, -0.2) is 5.43 Å². The van der Waals surface area contributed by atoms with Crippen LogP contribution in [0.1, 0.15) is 38.4 Å². The fraction of sp³-hybridized carbons (Fsp3) is 0.182. The summed E-state index contributed by atoms with van der Waals surface area (Å²) in [5.41, 5.74) is 8.55. The number of nitrogens with one attached hydrogen (secondary N) is 1. The van der Waals surface area contributed by atoms with Crippen molar-refractivity contribution in [1.82, 2.24) is 9.99 Å². The second-order valence-corrected chi connectivity index (χ2v) is 7.46. The Hall–Kier alpha value is -3.45. The summed E-state index contributed by atoms with van der Waals surface area (Å²) in [5, 5.41) is 15.0. The molecule has 0 aliphatic carbocycles. The highest BCUT2D eigenvalue weighted by Crippen LogP contribution is 2.25. The minimum atomic E-state index is -0.635. The zero-order valence-electron chi connectivity index (χ0n) is 17.1. The fourth-order valence-corrected chi connectivity index (χ4v) is 3.39. The van der Waals surface area contributed by atoms with Crippen molar-refractivity contribution < 1.29 is 9.72 Å². The van der Waals surface area contributed by atoms with Crippen molar-refractivity contribution in [2.75, 3.05) is 0 Å². The third-order valence-electron chi connectivity index (χ3n) is 4.99. The molecule has 1 N–H and O–H groups in total. The van der Waals surface area contributed by atoms with Crippen molar-refractivity contribution in [3.8, 4) is 5.69 Å². The summed E-state index contributed by atoms with van der Waals surface area (Å²) in [6.45, 7) is 8.13. The smallest absolute Gasteiger partial charge is 0.288 e. The number of nitro benzene ring substituents is 1. The van der Waals surface area contributed by atoms with Gasteiger partial charge in [-0.15, -0.1) is 0 Å². The van der Waals surface area contributed by atoms with Crippen LogP contribution in [-0.2, 0) is 0 Å². The molecule has 0 atom stereocenters. The minimum absolute atomic E-state index is 0.0289. The highest BCUT2D eigenvalue weighted by atomic mass is 35.5. The topological polar surface area (TPSA) is 89.5 Å². The summed E-state index contributed by atoms with van der Waals surface area (Å²) in [7, 11) is 0. The second kappa shape index (κ2) is 8.51. The van der Waals surface area contributed by atoms with Crippen LogP contribution in [0, 0.1) is 37.8 Å². The van der Waals surface area contributed by atoms with E-state index in [9.17, 15) is 14.9 Å². The number of amides is 1. The van der Waals surface area contributed by atoms with Gasteiger partial charge in [-0.05, 0) is 69.2 Å². The Bertz CT molecular complexity index is 1180. The number of nitro groups is 1. The molecule has 3 rings (SSSR count). The molecular formula is C22H21ClN4O3. The summed E-state index contributed by atoms with van der Waals surface area (Å²) in [5.74, 6) is -0.561. The molecule has 0 aliphatic heterocycles. The maximum absolute atomic E-state index is 12.3. The Labute approximate surface area is 179 Å². The van der Waals surface area contributed by atoms with E-state index in [-0.39, 0.29) is 16.3 Å². The molecule has 30 heavy (non-hydrogen) atoms. The summed E-state index contributed by atoms with van der Waals surface area (Å²) >= 11 is 5.78. The number of aromatic nitrogens is 1. The van der Waals surface area contributed by atoms with Crippen molar-refractivity contribution in [1.29, 1.82) is 0 Å². The van der Waals surface area contributed by atoms with Gasteiger partial charge in [0.25, 0.3) is 11.6 Å². The second-order valence-electron chi connectivity index (χ2n) is 7.05. The van der Waals surface area contributed by atoms with Gasteiger partial charge in [0.2, 0.25) is 0 Å². The first-order valence-corrected chi connectivity index (χ1v) is 9.60. The van der Waals surface area contributed by atoms with Crippen LogP contribution in [0.5, 0.6) is 0 Å². The first kappa shape index (κ1) is 21.3. The molecule has 3 aromatic rings. The van der Waals surface area contributed by atoms with Gasteiger partial charge in [-0.1, -0.05) is 17.7 Å². The zero-order chi connectivity index (χ0) is 22.0. The van der Waals surface area contributed by atoms with Crippen molar-refractivity contribution in [3.05, 3.63) is 91.2 Å². The molecule has 0 radical (unpaired) electrons. The van der Waals surface area contributed by atoms with E-state index in [0.29, 0.717) is 0 Å². The van der Waals surface area contributed by atoms with Gasteiger partial charge >= 0.3 is 0 Å². The average Bonchev–Trinajstić information content (AvgIpc) is 2.97. The summed E-state index contributed by atoms with van der Waals surface area (Å²) in [6.07, 6.45) is 1.56. The van der Waals surface area contributed by atoms with E-state index in [1.165, 1.54) is 23.3 Å². The van der Waals surface area contributed by atoms with Gasteiger partial charge in [-0.2, -0.15) is 5.10 Å². The average molecular weight is 425 g/mol. The number of hydrogen-bond donors (Lipinski definition) is 1. The number of hydrazone groups is 1. The largest absolute Gasteiger partial charge is 0.318 e. The van der Waals surface area contributed by atoms with Crippen LogP contribution < -0.4 is 5.43 Å². The lowest BCUT2D eigenvalue weighted by molar-refractivity contribution is -0.384. The zero-order valence-corrected chi connectivity index (χ0v) is 17.8. The fourth-order valence-electron chi connectivity index (χ4n) is 3.20. The highest BCUT2D eigenvalue weighted by Gasteiger charge is 2.16. The van der Waals surface area contributed by atoms with E-state index in [2.05, 4.69) is 47.1 Å². The molecular weight excluding hydrogens is 404 g/mol. The number of carbonyl (C=O) groups is 1. The molecule has 1 aromatic heterocycles. The van der Waals surface area contributed by atoms with Gasteiger partial charge < -0.3 is 4.57 Å². The molecule has 1 heterocycles. The van der Waals surface area contributed by atoms with Crippen molar-refractivity contribution in [2.24, 2.45) is 5.10 Å². The Morgan fingerprint density at radius 1 is 1.10 bits per heavy atom. The quantitative estimate of drug-likeness (QED) is 0.353. The van der Waals surface area contributed by atoms with Crippen molar-refractivity contribution in [2.45, 2.75) is 27.7 Å². The maximum atomic E-state index is 12.3. The van der Waals surface area contributed by atoms with Crippen LogP contribution in [0.15, 0.2) is 47.6 Å². The lowest BCUT2D eigenvalue weighted by Crippen LogP contribution is -2.17. The lowest BCUT2D eigenvalue weighted by Gasteiger charge is -2.11. The highest BCUT2D eigenvalue weighted by molar-refractivity contribution is 6.32. The molecule has 1 amide bonds. The molecule has 0 bridgehead atoms. The summed E-state index contributed by atoms with van der Waals surface area (Å²) < 4.78 is 2.12. The van der Waals surface area contributed by atoms with E-state index in [0.717, 1.165) is 28.7 Å². The van der Waals surface area contributed by atoms with Gasteiger partial charge in [0.1, 0.15) is 5.02 Å². The van der Waals surface area contributed by atoms with E-state index < -0.39 is 10.8 Å². The third kappa shape index (κ3) is 4.26. The maximum Gasteiger partial charge on any atom is 0.288 e. The molecule has 0 fully saturated rings. The van der Waals surface area contributed by atoms with Crippen molar-refractivity contribution in [3.63, 3.8) is 0 Å². The number of benzene rings is 2. The van der Waals surface area contributed by atoms with Gasteiger partial charge in [-0.3, -0.25) is 14.9 Å². The van der Waals surface area contributed by atoms with Crippen LogP contribution in [0.2, 0.25) is 5.02 Å². The van der Waals surface area contributed by atoms with E-state index in [1.54, 1.807) is 6.21 Å². The van der Waals surface area contributed by atoms with Gasteiger partial charge in [0, 0.05) is 34.3 Å². The first-order chi connectivity index (χ1) is 14.2. The molecule has 2 aromatic carbocycles. The molecule has 7 nitrogen and oxygen atoms in total. The molecule has 8 heteroatoms.